The van der Waals surface area contributed by atoms with Gasteiger partial charge in [0.15, 0.2) is 0 Å². The van der Waals surface area contributed by atoms with Gasteiger partial charge in [0.05, 0.1) is 0 Å². The van der Waals surface area contributed by atoms with E-state index in [1.807, 2.05) is 0 Å². The maximum absolute atomic E-state index is 6.34. The van der Waals surface area contributed by atoms with E-state index in [0.29, 0.717) is 12.5 Å². The minimum Gasteiger partial charge on any atom is -0.330 e. The zero-order valence-electron chi connectivity index (χ0n) is 10.5. The van der Waals surface area contributed by atoms with E-state index in [4.69, 9.17) is 17.3 Å². The van der Waals surface area contributed by atoms with E-state index in [0.717, 1.165) is 11.6 Å². The highest BCUT2D eigenvalue weighted by atomic mass is 35.5. The van der Waals surface area contributed by atoms with Crippen molar-refractivity contribution in [1.29, 1.82) is 0 Å². The van der Waals surface area contributed by atoms with E-state index < -0.39 is 0 Å². The highest BCUT2D eigenvalue weighted by Crippen LogP contribution is 2.24. The lowest BCUT2D eigenvalue weighted by Gasteiger charge is -2.17. The monoisotopic (exact) mass is 252 g/mol. The van der Waals surface area contributed by atoms with Gasteiger partial charge in [-0.2, -0.15) is 0 Å². The maximum atomic E-state index is 6.34. The van der Waals surface area contributed by atoms with Crippen molar-refractivity contribution >= 4 is 11.6 Å². The van der Waals surface area contributed by atoms with Crippen LogP contribution in [-0.4, -0.2) is 24.5 Å². The molecule has 94 valence electrons. The minimum absolute atomic E-state index is 0.383. The van der Waals surface area contributed by atoms with Crippen LogP contribution in [-0.2, 0) is 6.54 Å². The van der Waals surface area contributed by atoms with Crippen molar-refractivity contribution in [3.05, 3.63) is 34.3 Å². The summed E-state index contributed by atoms with van der Waals surface area (Å²) in [7, 11) is 0. The van der Waals surface area contributed by atoms with Gasteiger partial charge < -0.3 is 5.73 Å². The molecule has 0 aliphatic carbocycles. The second-order valence-electron chi connectivity index (χ2n) is 4.97. The Labute approximate surface area is 109 Å². The fourth-order valence-corrected chi connectivity index (χ4v) is 2.56. The summed E-state index contributed by atoms with van der Waals surface area (Å²) in [4.78, 5) is 2.47. The molecule has 1 aliphatic heterocycles. The van der Waals surface area contributed by atoms with Crippen LogP contribution in [0.25, 0.3) is 0 Å². The number of likely N-dealkylation sites (tertiary alicyclic amines) is 1. The number of rotatable bonds is 4. The lowest BCUT2D eigenvalue weighted by atomic mass is 10.00. The van der Waals surface area contributed by atoms with Gasteiger partial charge in [-0.1, -0.05) is 30.7 Å². The summed E-state index contributed by atoms with van der Waals surface area (Å²) in [5, 5.41) is 0.884. The Balaban J connectivity index is 2.08. The quantitative estimate of drug-likeness (QED) is 0.893. The van der Waals surface area contributed by atoms with Crippen LogP contribution in [0, 0.1) is 0 Å². The van der Waals surface area contributed by atoms with Crippen molar-refractivity contribution in [3.63, 3.8) is 0 Å². The van der Waals surface area contributed by atoms with Gasteiger partial charge in [0.2, 0.25) is 0 Å². The molecule has 2 nitrogen and oxygen atoms in total. The molecule has 1 heterocycles. The molecule has 1 atom stereocenters. The smallest absolute Gasteiger partial charge is 0.0453 e. The standard InChI is InChI=1S/C14H21ClN2/c1-11(9-16)12-4-5-13(14(15)8-12)10-17-6-2-3-7-17/h4-5,8,11H,2-3,6-7,9-10,16H2,1H3. The second kappa shape index (κ2) is 5.85. The third-order valence-electron chi connectivity index (χ3n) is 3.59. The van der Waals surface area contributed by atoms with Crippen LogP contribution in [0.1, 0.15) is 36.8 Å². The second-order valence-corrected chi connectivity index (χ2v) is 5.38. The SMILES string of the molecule is CC(CN)c1ccc(CN2CCCC2)c(Cl)c1. The minimum atomic E-state index is 0.383. The van der Waals surface area contributed by atoms with Crippen molar-refractivity contribution in [2.45, 2.75) is 32.2 Å². The van der Waals surface area contributed by atoms with Gasteiger partial charge in [-0.25, -0.2) is 0 Å². The van der Waals surface area contributed by atoms with Crippen molar-refractivity contribution in [2.75, 3.05) is 19.6 Å². The summed E-state index contributed by atoms with van der Waals surface area (Å²) in [6, 6.07) is 6.39. The maximum Gasteiger partial charge on any atom is 0.0453 e. The molecule has 0 aromatic heterocycles. The van der Waals surface area contributed by atoms with E-state index in [2.05, 4.69) is 30.0 Å². The Morgan fingerprint density at radius 2 is 2.06 bits per heavy atom. The van der Waals surface area contributed by atoms with Crippen LogP contribution in [0.5, 0.6) is 0 Å². The van der Waals surface area contributed by atoms with Crippen molar-refractivity contribution < 1.29 is 0 Å². The normalized spacial score (nSPS) is 18.5. The molecular formula is C14H21ClN2. The van der Waals surface area contributed by atoms with Crippen molar-refractivity contribution in [3.8, 4) is 0 Å². The van der Waals surface area contributed by atoms with E-state index in [1.165, 1.54) is 37.1 Å². The molecule has 1 saturated heterocycles. The van der Waals surface area contributed by atoms with Gasteiger partial charge >= 0.3 is 0 Å². The Morgan fingerprint density at radius 3 is 2.65 bits per heavy atom. The molecule has 1 aromatic rings. The average Bonchev–Trinajstić information content (AvgIpc) is 2.83. The molecule has 1 fully saturated rings. The van der Waals surface area contributed by atoms with Crippen molar-refractivity contribution in [1.82, 2.24) is 4.90 Å². The molecule has 0 radical (unpaired) electrons. The molecule has 0 bridgehead atoms. The Bertz CT molecular complexity index is 372. The average molecular weight is 253 g/mol. The molecule has 0 saturated carbocycles. The lowest BCUT2D eigenvalue weighted by molar-refractivity contribution is 0.331. The molecule has 1 aliphatic rings. The molecule has 1 aromatic carbocycles. The predicted molar refractivity (Wildman–Crippen MR) is 73.4 cm³/mol. The number of hydrogen-bond donors (Lipinski definition) is 1. The highest BCUT2D eigenvalue weighted by Gasteiger charge is 2.14. The van der Waals surface area contributed by atoms with Crippen LogP contribution in [0.3, 0.4) is 0 Å². The Kier molecular flexibility index (Phi) is 4.43. The van der Waals surface area contributed by atoms with Crippen LogP contribution in [0.4, 0.5) is 0 Å². The molecule has 17 heavy (non-hydrogen) atoms. The fraction of sp³-hybridized carbons (Fsp3) is 0.571. The van der Waals surface area contributed by atoms with Crippen molar-refractivity contribution in [2.24, 2.45) is 5.73 Å². The van der Waals surface area contributed by atoms with Gasteiger partial charge in [0.25, 0.3) is 0 Å². The molecule has 2 N–H and O–H groups in total. The van der Waals surface area contributed by atoms with Gasteiger partial charge in [-0.3, -0.25) is 4.90 Å². The predicted octanol–water partition coefficient (Wildman–Crippen LogP) is 3.00. The van der Waals surface area contributed by atoms with Gasteiger partial charge in [-0.15, -0.1) is 0 Å². The van der Waals surface area contributed by atoms with Gasteiger partial charge in [-0.05, 0) is 55.6 Å². The first-order valence-corrected chi connectivity index (χ1v) is 6.79. The lowest BCUT2D eigenvalue weighted by Crippen LogP contribution is -2.18. The summed E-state index contributed by atoms with van der Waals surface area (Å²) in [5.41, 5.74) is 8.15. The van der Waals surface area contributed by atoms with Crippen LogP contribution in [0.2, 0.25) is 5.02 Å². The van der Waals surface area contributed by atoms with Crippen LogP contribution >= 0.6 is 11.6 Å². The molecule has 3 heteroatoms. The van der Waals surface area contributed by atoms with E-state index in [-0.39, 0.29) is 0 Å². The fourth-order valence-electron chi connectivity index (χ4n) is 2.32. The first-order chi connectivity index (χ1) is 8.20. The molecule has 2 rings (SSSR count). The summed E-state index contributed by atoms with van der Waals surface area (Å²) in [6.45, 7) is 6.19. The molecule has 1 unspecified atom stereocenters. The molecule has 0 amide bonds. The molecule has 0 spiro atoms. The Hall–Kier alpha value is -0.570. The first kappa shape index (κ1) is 12.9. The zero-order valence-corrected chi connectivity index (χ0v) is 11.2. The van der Waals surface area contributed by atoms with Gasteiger partial charge in [0, 0.05) is 11.6 Å². The van der Waals surface area contributed by atoms with Crippen LogP contribution < -0.4 is 5.73 Å². The number of nitrogens with two attached hydrogens (primary N) is 1. The van der Waals surface area contributed by atoms with E-state index in [1.54, 1.807) is 0 Å². The third kappa shape index (κ3) is 3.21. The van der Waals surface area contributed by atoms with Crippen LogP contribution in [0.15, 0.2) is 18.2 Å². The summed E-state index contributed by atoms with van der Waals surface area (Å²) >= 11 is 6.34. The topological polar surface area (TPSA) is 29.3 Å². The van der Waals surface area contributed by atoms with Gasteiger partial charge in [0.1, 0.15) is 0 Å². The number of nitrogens with zero attached hydrogens (tertiary/aromatic N) is 1. The largest absolute Gasteiger partial charge is 0.330 e. The number of hydrogen-bond acceptors (Lipinski definition) is 2. The first-order valence-electron chi connectivity index (χ1n) is 6.41. The summed E-state index contributed by atoms with van der Waals surface area (Å²) < 4.78 is 0. The Morgan fingerprint density at radius 1 is 1.35 bits per heavy atom. The molecular weight excluding hydrogens is 232 g/mol. The summed E-state index contributed by atoms with van der Waals surface area (Å²) in [5.74, 6) is 0.383. The summed E-state index contributed by atoms with van der Waals surface area (Å²) in [6.07, 6.45) is 2.64. The third-order valence-corrected chi connectivity index (χ3v) is 3.94. The number of benzene rings is 1. The number of halogens is 1. The van der Waals surface area contributed by atoms with E-state index >= 15 is 0 Å². The highest BCUT2D eigenvalue weighted by molar-refractivity contribution is 6.31. The zero-order chi connectivity index (χ0) is 12.3. The van der Waals surface area contributed by atoms with E-state index in [9.17, 15) is 0 Å².